The number of carbonyl (C=O) groups excluding carboxylic acids is 2. The molecule has 3 aromatic rings. The Bertz CT molecular complexity index is 1180. The van der Waals surface area contributed by atoms with E-state index in [1.54, 1.807) is 26.0 Å². The van der Waals surface area contributed by atoms with Gasteiger partial charge in [0.05, 0.1) is 6.04 Å². The smallest absolute Gasteiger partial charge is 0.277 e. The first kappa shape index (κ1) is 25.2. The maximum Gasteiger partial charge on any atom is 0.277 e. The fourth-order valence-corrected chi connectivity index (χ4v) is 3.95. The second-order valence-electron chi connectivity index (χ2n) is 8.10. The average Bonchev–Trinajstić information content (AvgIpc) is 3.38. The summed E-state index contributed by atoms with van der Waals surface area (Å²) in [7, 11) is 0. The van der Waals surface area contributed by atoms with Gasteiger partial charge in [-0.3, -0.25) is 9.59 Å². The number of hydrogen-bond acceptors (Lipinski definition) is 6. The molecule has 0 unspecified atom stereocenters. The van der Waals surface area contributed by atoms with Crippen LogP contribution < -0.4 is 20.1 Å². The molecular weight excluding hydrogens is 460 g/mol. The molecule has 1 aliphatic rings. The van der Waals surface area contributed by atoms with Gasteiger partial charge in [0, 0.05) is 24.5 Å². The van der Waals surface area contributed by atoms with Gasteiger partial charge in [0.2, 0.25) is 13.1 Å². The Hall–Kier alpha value is -3.88. The van der Waals surface area contributed by atoms with E-state index in [1.807, 2.05) is 60.7 Å². The molecule has 36 heavy (non-hydrogen) atoms. The van der Waals surface area contributed by atoms with Crippen molar-refractivity contribution in [1.82, 2.24) is 5.32 Å². The lowest BCUT2D eigenvalue weighted by molar-refractivity contribution is -0.170. The zero-order valence-corrected chi connectivity index (χ0v) is 20.4. The first-order valence-corrected chi connectivity index (χ1v) is 12.0. The van der Waals surface area contributed by atoms with E-state index in [0.717, 1.165) is 11.1 Å². The van der Waals surface area contributed by atoms with Crippen LogP contribution in [0.1, 0.15) is 41.4 Å². The summed E-state index contributed by atoms with van der Waals surface area (Å²) >= 11 is 0. The SMILES string of the molecule is CCOC(OCC)C(=O)N[C@@H](Cc1ccccc1NC(=O)c1ccccc1)c1ccc2c(c1)OCO2. The molecule has 188 valence electrons. The first-order valence-electron chi connectivity index (χ1n) is 12.0. The highest BCUT2D eigenvalue weighted by Gasteiger charge is 2.26. The highest BCUT2D eigenvalue weighted by Crippen LogP contribution is 2.35. The molecule has 4 rings (SSSR count). The highest BCUT2D eigenvalue weighted by molar-refractivity contribution is 6.04. The quantitative estimate of drug-likeness (QED) is 0.385. The second-order valence-corrected chi connectivity index (χ2v) is 8.10. The van der Waals surface area contributed by atoms with E-state index >= 15 is 0 Å². The molecule has 0 bridgehead atoms. The van der Waals surface area contributed by atoms with Crippen molar-refractivity contribution in [2.45, 2.75) is 32.6 Å². The molecule has 8 nitrogen and oxygen atoms in total. The van der Waals surface area contributed by atoms with Crippen LogP contribution in [0.3, 0.4) is 0 Å². The van der Waals surface area contributed by atoms with Crippen LogP contribution in [0, 0.1) is 0 Å². The normalized spacial score (nSPS) is 12.9. The summed E-state index contributed by atoms with van der Waals surface area (Å²) in [6, 6.07) is 21.7. The van der Waals surface area contributed by atoms with Crippen molar-refractivity contribution in [3.63, 3.8) is 0 Å². The molecule has 2 amide bonds. The largest absolute Gasteiger partial charge is 0.454 e. The molecule has 3 aromatic carbocycles. The van der Waals surface area contributed by atoms with Crippen LogP contribution in [0.2, 0.25) is 0 Å². The molecule has 2 N–H and O–H groups in total. The van der Waals surface area contributed by atoms with Crippen molar-refractivity contribution in [3.05, 3.63) is 89.5 Å². The number of rotatable bonds is 11. The summed E-state index contributed by atoms with van der Waals surface area (Å²) in [5, 5.41) is 6.05. The number of nitrogens with one attached hydrogen (secondary N) is 2. The number of carbonyl (C=O) groups is 2. The van der Waals surface area contributed by atoms with Gasteiger partial charge < -0.3 is 29.6 Å². The van der Waals surface area contributed by atoms with Gasteiger partial charge in [0.1, 0.15) is 0 Å². The molecule has 0 saturated carbocycles. The van der Waals surface area contributed by atoms with Crippen LogP contribution in [-0.2, 0) is 20.7 Å². The maximum atomic E-state index is 13.1. The van der Waals surface area contributed by atoms with Crippen LogP contribution in [0.5, 0.6) is 11.5 Å². The minimum absolute atomic E-state index is 0.154. The number of hydrogen-bond donors (Lipinski definition) is 2. The number of para-hydroxylation sites is 1. The third-order valence-electron chi connectivity index (χ3n) is 5.69. The summed E-state index contributed by atoms with van der Waals surface area (Å²) in [5.41, 5.74) is 2.90. The Kier molecular flexibility index (Phi) is 8.54. The topological polar surface area (TPSA) is 95.1 Å². The molecule has 1 aliphatic heterocycles. The van der Waals surface area contributed by atoms with Crippen molar-refractivity contribution >= 4 is 17.5 Å². The minimum Gasteiger partial charge on any atom is -0.454 e. The Balaban J connectivity index is 1.61. The number of fused-ring (bicyclic) bond motifs is 1. The number of benzene rings is 3. The summed E-state index contributed by atoms with van der Waals surface area (Å²) < 4.78 is 22.0. The van der Waals surface area contributed by atoms with Crippen LogP contribution >= 0.6 is 0 Å². The first-order chi connectivity index (χ1) is 17.6. The number of anilines is 1. The van der Waals surface area contributed by atoms with E-state index < -0.39 is 12.3 Å². The standard InChI is InChI=1S/C28H30N2O6/c1-3-33-28(34-4-2)27(32)30-23(21-14-15-24-25(17-21)36-18-35-24)16-20-12-8-9-13-22(20)29-26(31)19-10-6-5-7-11-19/h5-15,17,23,28H,3-4,16,18H2,1-2H3,(H,29,31)(H,30,32)/t23-/m0/s1. The summed E-state index contributed by atoms with van der Waals surface area (Å²) in [6.45, 7) is 4.43. The Morgan fingerprint density at radius 3 is 2.33 bits per heavy atom. The van der Waals surface area contributed by atoms with Gasteiger partial charge in [0.15, 0.2) is 11.5 Å². The van der Waals surface area contributed by atoms with Crippen molar-refractivity contribution in [3.8, 4) is 11.5 Å². The molecule has 1 heterocycles. The van der Waals surface area contributed by atoms with Gasteiger partial charge in [0.25, 0.3) is 11.8 Å². The predicted molar refractivity (Wildman–Crippen MR) is 135 cm³/mol. The van der Waals surface area contributed by atoms with Crippen LogP contribution in [0.25, 0.3) is 0 Å². The summed E-state index contributed by atoms with van der Waals surface area (Å²) in [6.07, 6.45) is -0.619. The average molecular weight is 491 g/mol. The lowest BCUT2D eigenvalue weighted by Gasteiger charge is -2.24. The van der Waals surface area contributed by atoms with E-state index in [0.29, 0.717) is 42.4 Å². The van der Waals surface area contributed by atoms with Gasteiger partial charge in [-0.25, -0.2) is 0 Å². The molecule has 0 saturated heterocycles. The number of amides is 2. The molecule has 0 spiro atoms. The van der Waals surface area contributed by atoms with Crippen molar-refractivity contribution in [1.29, 1.82) is 0 Å². The lowest BCUT2D eigenvalue weighted by atomic mass is 9.97. The van der Waals surface area contributed by atoms with Crippen LogP contribution in [0.15, 0.2) is 72.8 Å². The monoisotopic (exact) mass is 490 g/mol. The zero-order valence-electron chi connectivity index (χ0n) is 20.4. The predicted octanol–water partition coefficient (Wildman–Crippen LogP) is 4.47. The summed E-state index contributed by atoms with van der Waals surface area (Å²) in [4.78, 5) is 25.9. The zero-order chi connectivity index (χ0) is 25.3. The molecule has 1 atom stereocenters. The van der Waals surface area contributed by atoms with Crippen LogP contribution in [0.4, 0.5) is 5.69 Å². The molecule has 0 radical (unpaired) electrons. The lowest BCUT2D eigenvalue weighted by Crippen LogP contribution is -2.41. The van der Waals surface area contributed by atoms with E-state index in [4.69, 9.17) is 18.9 Å². The van der Waals surface area contributed by atoms with E-state index in [1.165, 1.54) is 0 Å². The Labute approximate surface area is 210 Å². The third kappa shape index (κ3) is 6.21. The summed E-state index contributed by atoms with van der Waals surface area (Å²) in [5.74, 6) is 0.677. The van der Waals surface area contributed by atoms with Gasteiger partial charge in [-0.1, -0.05) is 42.5 Å². The van der Waals surface area contributed by atoms with Gasteiger partial charge in [-0.2, -0.15) is 0 Å². The van der Waals surface area contributed by atoms with E-state index in [-0.39, 0.29) is 18.6 Å². The fraction of sp³-hybridized carbons (Fsp3) is 0.286. The third-order valence-corrected chi connectivity index (χ3v) is 5.69. The minimum atomic E-state index is -1.02. The van der Waals surface area contributed by atoms with Crippen molar-refractivity contribution in [2.24, 2.45) is 0 Å². The van der Waals surface area contributed by atoms with E-state index in [2.05, 4.69) is 10.6 Å². The fourth-order valence-electron chi connectivity index (χ4n) is 3.95. The van der Waals surface area contributed by atoms with Crippen molar-refractivity contribution in [2.75, 3.05) is 25.3 Å². The molecule has 0 fully saturated rings. The maximum absolute atomic E-state index is 13.1. The number of ether oxygens (including phenoxy) is 4. The molecule has 0 aliphatic carbocycles. The van der Waals surface area contributed by atoms with Gasteiger partial charge in [-0.05, 0) is 61.7 Å². The Morgan fingerprint density at radius 1 is 0.889 bits per heavy atom. The van der Waals surface area contributed by atoms with Crippen molar-refractivity contribution < 1.29 is 28.5 Å². The molecule has 0 aromatic heterocycles. The molecular formula is C28H30N2O6. The van der Waals surface area contributed by atoms with Gasteiger partial charge >= 0.3 is 0 Å². The Morgan fingerprint density at radius 2 is 1.58 bits per heavy atom. The van der Waals surface area contributed by atoms with Crippen LogP contribution in [-0.4, -0.2) is 38.1 Å². The van der Waals surface area contributed by atoms with E-state index in [9.17, 15) is 9.59 Å². The molecule has 8 heteroatoms. The highest BCUT2D eigenvalue weighted by atomic mass is 16.7. The second kappa shape index (κ2) is 12.2. The van der Waals surface area contributed by atoms with Gasteiger partial charge in [-0.15, -0.1) is 0 Å².